The van der Waals surface area contributed by atoms with Gasteiger partial charge >= 0.3 is 0 Å². The summed E-state index contributed by atoms with van der Waals surface area (Å²) in [6.45, 7) is 4.78. The number of benzene rings is 3. The van der Waals surface area contributed by atoms with E-state index in [2.05, 4.69) is 111 Å². The van der Waals surface area contributed by atoms with Gasteiger partial charge in [-0.05, 0) is 29.7 Å². The van der Waals surface area contributed by atoms with Crippen molar-refractivity contribution in [3.8, 4) is 5.88 Å². The first-order chi connectivity index (χ1) is 17.3. The summed E-state index contributed by atoms with van der Waals surface area (Å²) < 4.78 is 5.28. The quantitative estimate of drug-likeness (QED) is 0.342. The molecule has 0 unspecified atom stereocenters. The van der Waals surface area contributed by atoms with Crippen molar-refractivity contribution in [1.82, 2.24) is 14.9 Å². The Morgan fingerprint density at radius 1 is 0.714 bits per heavy atom. The van der Waals surface area contributed by atoms with Crippen LogP contribution in [0.1, 0.15) is 23.1 Å². The maximum absolute atomic E-state index is 5.28. The smallest absolute Gasteiger partial charge is 0.228 e. The fourth-order valence-electron chi connectivity index (χ4n) is 5.20. The minimum absolute atomic E-state index is 0.211. The van der Waals surface area contributed by atoms with Crippen LogP contribution in [0.2, 0.25) is 0 Å². The van der Waals surface area contributed by atoms with Gasteiger partial charge < -0.3 is 9.64 Å². The summed E-state index contributed by atoms with van der Waals surface area (Å²) in [7, 11) is 1.64. The van der Waals surface area contributed by atoms with Crippen LogP contribution < -0.4 is 9.64 Å². The summed E-state index contributed by atoms with van der Waals surface area (Å²) in [5, 5.41) is 0. The van der Waals surface area contributed by atoms with Gasteiger partial charge in [0, 0.05) is 43.9 Å². The number of hydrogen-bond donors (Lipinski definition) is 0. The lowest BCUT2D eigenvalue weighted by atomic mass is 9.67. The average Bonchev–Trinajstić information content (AvgIpc) is 2.95. The van der Waals surface area contributed by atoms with Gasteiger partial charge in [-0.25, -0.2) is 4.98 Å². The molecule has 5 nitrogen and oxygen atoms in total. The molecule has 178 valence electrons. The Morgan fingerprint density at radius 3 is 1.71 bits per heavy atom. The second kappa shape index (κ2) is 10.7. The largest absolute Gasteiger partial charge is 0.481 e. The summed E-state index contributed by atoms with van der Waals surface area (Å²) in [5.41, 5.74) is 3.79. The zero-order chi connectivity index (χ0) is 23.9. The topological polar surface area (TPSA) is 41.5 Å². The first-order valence-electron chi connectivity index (χ1n) is 12.3. The average molecular weight is 465 g/mol. The number of aromatic nitrogens is 2. The van der Waals surface area contributed by atoms with Gasteiger partial charge in [0.1, 0.15) is 0 Å². The van der Waals surface area contributed by atoms with Crippen molar-refractivity contribution >= 4 is 5.95 Å². The Morgan fingerprint density at radius 2 is 1.23 bits per heavy atom. The highest BCUT2D eigenvalue weighted by Crippen LogP contribution is 2.42. The first-order valence-corrected chi connectivity index (χ1v) is 12.3. The van der Waals surface area contributed by atoms with E-state index in [-0.39, 0.29) is 5.41 Å². The van der Waals surface area contributed by atoms with Crippen molar-refractivity contribution in [1.29, 1.82) is 0 Å². The van der Waals surface area contributed by atoms with Crippen molar-refractivity contribution in [3.05, 3.63) is 120 Å². The molecule has 35 heavy (non-hydrogen) atoms. The molecule has 0 radical (unpaired) electrons. The Labute approximate surface area is 208 Å². The van der Waals surface area contributed by atoms with Crippen LogP contribution in [0.15, 0.2) is 103 Å². The zero-order valence-corrected chi connectivity index (χ0v) is 20.3. The van der Waals surface area contributed by atoms with Gasteiger partial charge in [-0.15, -0.1) is 0 Å². The van der Waals surface area contributed by atoms with Gasteiger partial charge in [-0.3, -0.25) is 4.90 Å². The second-order valence-electron chi connectivity index (χ2n) is 8.98. The van der Waals surface area contributed by atoms with E-state index in [4.69, 9.17) is 4.74 Å². The molecule has 4 aromatic rings. The SMILES string of the molecule is COc1ccnc(N2CCN(CCC(c3ccccc3)(c3ccccc3)c3ccccc3)CC2)n1. The van der Waals surface area contributed by atoms with E-state index in [1.54, 1.807) is 19.4 Å². The van der Waals surface area contributed by atoms with Gasteiger partial charge in [0.05, 0.1) is 7.11 Å². The number of hydrogen-bond acceptors (Lipinski definition) is 5. The van der Waals surface area contributed by atoms with Crippen LogP contribution in [0.3, 0.4) is 0 Å². The van der Waals surface area contributed by atoms with Crippen LogP contribution in [-0.2, 0) is 5.41 Å². The Hall–Kier alpha value is -3.70. The van der Waals surface area contributed by atoms with Crippen molar-refractivity contribution in [2.75, 3.05) is 44.7 Å². The molecule has 1 fully saturated rings. The molecule has 0 saturated carbocycles. The van der Waals surface area contributed by atoms with E-state index in [1.807, 2.05) is 0 Å². The maximum Gasteiger partial charge on any atom is 0.228 e. The molecule has 1 aromatic heterocycles. The minimum atomic E-state index is -0.211. The zero-order valence-electron chi connectivity index (χ0n) is 20.3. The molecule has 1 aliphatic heterocycles. The van der Waals surface area contributed by atoms with Crippen LogP contribution in [0.4, 0.5) is 5.95 Å². The Kier molecular flexibility index (Phi) is 7.05. The number of ether oxygens (including phenoxy) is 1. The van der Waals surface area contributed by atoms with Gasteiger partial charge in [0.25, 0.3) is 0 Å². The molecular weight excluding hydrogens is 432 g/mol. The molecule has 0 N–H and O–H groups in total. The van der Waals surface area contributed by atoms with Crippen molar-refractivity contribution in [3.63, 3.8) is 0 Å². The molecule has 5 heteroatoms. The highest BCUT2D eigenvalue weighted by atomic mass is 16.5. The summed E-state index contributed by atoms with van der Waals surface area (Å²) in [6, 6.07) is 34.7. The normalized spacial score (nSPS) is 14.6. The Balaban J connectivity index is 1.39. The molecule has 5 rings (SSSR count). The monoisotopic (exact) mass is 464 g/mol. The number of anilines is 1. The van der Waals surface area contributed by atoms with E-state index in [1.165, 1.54) is 16.7 Å². The van der Waals surface area contributed by atoms with Gasteiger partial charge in [0.2, 0.25) is 11.8 Å². The number of nitrogens with zero attached hydrogens (tertiary/aromatic N) is 4. The van der Waals surface area contributed by atoms with Crippen LogP contribution in [-0.4, -0.2) is 54.7 Å². The highest BCUT2D eigenvalue weighted by Gasteiger charge is 2.36. The summed E-state index contributed by atoms with van der Waals surface area (Å²) in [4.78, 5) is 13.8. The van der Waals surface area contributed by atoms with Crippen LogP contribution in [0, 0.1) is 0 Å². The van der Waals surface area contributed by atoms with Gasteiger partial charge in [-0.2, -0.15) is 4.98 Å². The van der Waals surface area contributed by atoms with Crippen LogP contribution in [0.5, 0.6) is 5.88 Å². The van der Waals surface area contributed by atoms with Crippen molar-refractivity contribution in [2.24, 2.45) is 0 Å². The number of piperazine rings is 1. The lowest BCUT2D eigenvalue weighted by Gasteiger charge is -2.40. The summed E-state index contributed by atoms with van der Waals surface area (Å²) in [5.74, 6) is 1.35. The van der Waals surface area contributed by atoms with Gasteiger partial charge in [-0.1, -0.05) is 91.0 Å². The first kappa shape index (κ1) is 23.1. The Bertz CT molecular complexity index is 1100. The molecule has 0 bridgehead atoms. The lowest BCUT2D eigenvalue weighted by molar-refractivity contribution is 0.241. The lowest BCUT2D eigenvalue weighted by Crippen LogP contribution is -2.48. The predicted octanol–water partition coefficient (Wildman–Crippen LogP) is 5.03. The van der Waals surface area contributed by atoms with E-state index < -0.39 is 0 Å². The highest BCUT2D eigenvalue weighted by molar-refractivity contribution is 5.50. The molecule has 0 spiro atoms. The minimum Gasteiger partial charge on any atom is -0.481 e. The number of rotatable bonds is 8. The summed E-state index contributed by atoms with van der Waals surface area (Å²) in [6.07, 6.45) is 2.77. The van der Waals surface area contributed by atoms with E-state index in [0.29, 0.717) is 5.88 Å². The number of methoxy groups -OCH3 is 1. The van der Waals surface area contributed by atoms with Gasteiger partial charge in [0.15, 0.2) is 0 Å². The molecule has 3 aromatic carbocycles. The van der Waals surface area contributed by atoms with Crippen LogP contribution >= 0.6 is 0 Å². The fourth-order valence-corrected chi connectivity index (χ4v) is 5.20. The molecule has 1 aliphatic rings. The van der Waals surface area contributed by atoms with Crippen LogP contribution in [0.25, 0.3) is 0 Å². The van der Waals surface area contributed by atoms with Crippen molar-refractivity contribution < 1.29 is 4.74 Å². The molecule has 0 amide bonds. The third-order valence-electron chi connectivity index (χ3n) is 7.08. The molecule has 2 heterocycles. The molecular formula is C30H32N4O. The second-order valence-corrected chi connectivity index (χ2v) is 8.98. The predicted molar refractivity (Wildman–Crippen MR) is 141 cm³/mol. The third kappa shape index (κ3) is 4.91. The molecule has 0 aliphatic carbocycles. The molecule has 0 atom stereocenters. The summed E-state index contributed by atoms with van der Waals surface area (Å²) >= 11 is 0. The van der Waals surface area contributed by atoms with E-state index in [0.717, 1.165) is 45.1 Å². The molecule has 1 saturated heterocycles. The standard InChI is InChI=1S/C30H32N4O/c1-35-28-17-19-31-29(32-28)34-23-21-33(22-24-34)20-18-30(25-11-5-2-6-12-25,26-13-7-3-8-14-26)27-15-9-4-10-16-27/h2-17,19H,18,20-24H2,1H3. The maximum atomic E-state index is 5.28. The van der Waals surface area contributed by atoms with E-state index >= 15 is 0 Å². The van der Waals surface area contributed by atoms with Crippen molar-refractivity contribution in [2.45, 2.75) is 11.8 Å². The van der Waals surface area contributed by atoms with E-state index in [9.17, 15) is 0 Å². The fraction of sp³-hybridized carbons (Fsp3) is 0.267. The third-order valence-corrected chi connectivity index (χ3v) is 7.08.